The van der Waals surface area contributed by atoms with Crippen LogP contribution in [0.3, 0.4) is 0 Å². The molecule has 1 fully saturated rings. The Kier molecular flexibility index (Phi) is 6.04. The van der Waals surface area contributed by atoms with E-state index in [1.54, 1.807) is 0 Å². The van der Waals surface area contributed by atoms with Gasteiger partial charge < -0.3 is 15.3 Å². The lowest BCUT2D eigenvalue weighted by Gasteiger charge is -2.14. The van der Waals surface area contributed by atoms with E-state index in [1.807, 2.05) is 12.4 Å². The number of hydrogen-bond acceptors (Lipinski definition) is 5. The van der Waals surface area contributed by atoms with Crippen LogP contribution in [-0.2, 0) is 6.54 Å². The van der Waals surface area contributed by atoms with E-state index in [1.165, 1.54) is 12.8 Å². The fraction of sp³-hybridized carbons (Fsp3) is 0.714. The van der Waals surface area contributed by atoms with Crippen LogP contribution in [0, 0.1) is 0 Å². The number of rotatable bonds is 8. The molecule has 0 radical (unpaired) electrons. The molecule has 2 heterocycles. The number of hydrogen-bond donors (Lipinski definition) is 2. The zero-order valence-corrected chi connectivity index (χ0v) is 11.5. The first-order valence-electron chi connectivity index (χ1n) is 7.27. The number of aromatic nitrogens is 2. The molecule has 0 spiro atoms. The Morgan fingerprint density at radius 1 is 1.11 bits per heavy atom. The quantitative estimate of drug-likeness (QED) is 0.694. The molecule has 2 N–H and O–H groups in total. The van der Waals surface area contributed by atoms with E-state index in [-0.39, 0.29) is 0 Å². The molecule has 5 heteroatoms. The maximum atomic E-state index is 8.68. The van der Waals surface area contributed by atoms with E-state index in [9.17, 15) is 0 Å². The molecule has 1 aromatic heterocycles. The number of anilines is 1. The van der Waals surface area contributed by atoms with Gasteiger partial charge in [0.15, 0.2) is 0 Å². The monoisotopic (exact) mass is 264 g/mol. The summed E-state index contributed by atoms with van der Waals surface area (Å²) in [4.78, 5) is 11.1. The number of unbranched alkanes of at least 4 members (excludes halogenated alkanes) is 2. The molecule has 1 aromatic rings. The molecule has 106 valence electrons. The van der Waals surface area contributed by atoms with Gasteiger partial charge in [0, 0.05) is 44.2 Å². The highest BCUT2D eigenvalue weighted by atomic mass is 16.2. The zero-order valence-electron chi connectivity index (χ0n) is 11.5. The topological polar surface area (TPSA) is 61.3 Å². The lowest BCUT2D eigenvalue weighted by atomic mass is 10.2. The van der Waals surface area contributed by atoms with Gasteiger partial charge in [0.2, 0.25) is 5.95 Å². The van der Waals surface area contributed by atoms with Gasteiger partial charge in [0.05, 0.1) is 0 Å². The van der Waals surface area contributed by atoms with Crippen molar-refractivity contribution in [3.63, 3.8) is 0 Å². The Morgan fingerprint density at radius 2 is 1.84 bits per heavy atom. The van der Waals surface area contributed by atoms with Gasteiger partial charge >= 0.3 is 0 Å². The highest BCUT2D eigenvalue weighted by Gasteiger charge is 2.14. The number of aliphatic hydroxyl groups excluding tert-OH is 1. The summed E-state index contributed by atoms with van der Waals surface area (Å²) in [6.45, 7) is 4.27. The zero-order chi connectivity index (χ0) is 13.3. The lowest BCUT2D eigenvalue weighted by molar-refractivity contribution is 0.283. The van der Waals surface area contributed by atoms with Crippen LogP contribution >= 0.6 is 0 Å². The highest BCUT2D eigenvalue weighted by molar-refractivity contribution is 5.30. The average Bonchev–Trinajstić information content (AvgIpc) is 2.97. The molecule has 1 saturated heterocycles. The molecular weight excluding hydrogens is 240 g/mol. The third-order valence-corrected chi connectivity index (χ3v) is 3.42. The molecule has 2 rings (SSSR count). The summed E-state index contributed by atoms with van der Waals surface area (Å²) in [6.07, 6.45) is 9.42. The Balaban J connectivity index is 1.67. The summed E-state index contributed by atoms with van der Waals surface area (Å²) in [7, 11) is 0. The van der Waals surface area contributed by atoms with Gasteiger partial charge in [-0.1, -0.05) is 0 Å². The summed E-state index contributed by atoms with van der Waals surface area (Å²) >= 11 is 0. The predicted octanol–water partition coefficient (Wildman–Crippen LogP) is 1.33. The van der Waals surface area contributed by atoms with E-state index in [0.717, 1.165) is 57.0 Å². The van der Waals surface area contributed by atoms with Crippen molar-refractivity contribution in [2.45, 2.75) is 38.6 Å². The maximum absolute atomic E-state index is 8.68. The van der Waals surface area contributed by atoms with Crippen molar-refractivity contribution in [2.75, 3.05) is 31.1 Å². The van der Waals surface area contributed by atoms with Gasteiger partial charge in [-0.15, -0.1) is 0 Å². The fourth-order valence-electron chi connectivity index (χ4n) is 2.29. The van der Waals surface area contributed by atoms with Crippen LogP contribution < -0.4 is 10.2 Å². The number of nitrogens with zero attached hydrogens (tertiary/aromatic N) is 3. The van der Waals surface area contributed by atoms with E-state index in [2.05, 4.69) is 20.2 Å². The van der Waals surface area contributed by atoms with Crippen molar-refractivity contribution in [2.24, 2.45) is 0 Å². The van der Waals surface area contributed by atoms with Gasteiger partial charge in [-0.2, -0.15) is 0 Å². The molecular formula is C14H24N4O. The molecule has 0 aliphatic carbocycles. The smallest absolute Gasteiger partial charge is 0.225 e. The molecule has 0 saturated carbocycles. The van der Waals surface area contributed by atoms with Crippen LogP contribution in [0.2, 0.25) is 0 Å². The molecule has 0 aromatic carbocycles. The molecule has 0 bridgehead atoms. The molecule has 0 atom stereocenters. The van der Waals surface area contributed by atoms with Crippen LogP contribution in [0.15, 0.2) is 12.4 Å². The van der Waals surface area contributed by atoms with Crippen molar-refractivity contribution in [1.29, 1.82) is 0 Å². The van der Waals surface area contributed by atoms with Crippen molar-refractivity contribution in [3.8, 4) is 0 Å². The SMILES string of the molecule is OCCCCCNCc1cnc(N2CCCC2)nc1. The summed E-state index contributed by atoms with van der Waals surface area (Å²) in [5.74, 6) is 0.865. The first-order chi connectivity index (χ1) is 9.40. The lowest BCUT2D eigenvalue weighted by Crippen LogP contribution is -2.21. The second kappa shape index (κ2) is 8.07. The van der Waals surface area contributed by atoms with Crippen molar-refractivity contribution in [1.82, 2.24) is 15.3 Å². The van der Waals surface area contributed by atoms with Crippen molar-refractivity contribution >= 4 is 5.95 Å². The van der Waals surface area contributed by atoms with Gasteiger partial charge in [-0.3, -0.25) is 0 Å². The van der Waals surface area contributed by atoms with E-state index in [4.69, 9.17) is 5.11 Å². The molecule has 19 heavy (non-hydrogen) atoms. The minimum atomic E-state index is 0.297. The molecule has 5 nitrogen and oxygen atoms in total. The molecule has 0 amide bonds. The van der Waals surface area contributed by atoms with Gasteiger partial charge in [-0.05, 0) is 38.6 Å². The minimum Gasteiger partial charge on any atom is -0.396 e. The van der Waals surface area contributed by atoms with Crippen molar-refractivity contribution in [3.05, 3.63) is 18.0 Å². The molecule has 0 unspecified atom stereocenters. The standard InChI is InChI=1S/C14H24N4O/c19-9-5-1-2-6-15-10-13-11-16-14(17-12-13)18-7-3-4-8-18/h11-12,15,19H,1-10H2. The van der Waals surface area contributed by atoms with Crippen LogP contribution in [0.25, 0.3) is 0 Å². The van der Waals surface area contributed by atoms with Crippen LogP contribution in [-0.4, -0.2) is 41.3 Å². The van der Waals surface area contributed by atoms with E-state index in [0.29, 0.717) is 6.61 Å². The van der Waals surface area contributed by atoms with E-state index < -0.39 is 0 Å². The van der Waals surface area contributed by atoms with Gasteiger partial charge in [-0.25, -0.2) is 9.97 Å². The Hall–Kier alpha value is -1.20. The normalized spacial score (nSPS) is 15.1. The summed E-state index contributed by atoms with van der Waals surface area (Å²) in [5.41, 5.74) is 1.13. The summed E-state index contributed by atoms with van der Waals surface area (Å²) < 4.78 is 0. The number of aliphatic hydroxyl groups is 1. The summed E-state index contributed by atoms with van der Waals surface area (Å²) in [5, 5.41) is 12.1. The molecule has 1 aliphatic heterocycles. The predicted molar refractivity (Wildman–Crippen MR) is 76.1 cm³/mol. The van der Waals surface area contributed by atoms with Crippen LogP contribution in [0.1, 0.15) is 37.7 Å². The Bertz CT molecular complexity index is 349. The largest absolute Gasteiger partial charge is 0.396 e. The maximum Gasteiger partial charge on any atom is 0.225 e. The third-order valence-electron chi connectivity index (χ3n) is 3.42. The van der Waals surface area contributed by atoms with Crippen LogP contribution in [0.5, 0.6) is 0 Å². The Morgan fingerprint density at radius 3 is 2.53 bits per heavy atom. The minimum absolute atomic E-state index is 0.297. The van der Waals surface area contributed by atoms with Gasteiger partial charge in [0.25, 0.3) is 0 Å². The third kappa shape index (κ3) is 4.76. The first kappa shape index (κ1) is 14.2. The second-order valence-corrected chi connectivity index (χ2v) is 5.05. The first-order valence-corrected chi connectivity index (χ1v) is 7.27. The highest BCUT2D eigenvalue weighted by Crippen LogP contribution is 2.14. The number of nitrogens with one attached hydrogen (secondary N) is 1. The van der Waals surface area contributed by atoms with Crippen LogP contribution in [0.4, 0.5) is 5.95 Å². The fourth-order valence-corrected chi connectivity index (χ4v) is 2.29. The average molecular weight is 264 g/mol. The van der Waals surface area contributed by atoms with Crippen molar-refractivity contribution < 1.29 is 5.11 Å². The Labute approximate surface area is 115 Å². The second-order valence-electron chi connectivity index (χ2n) is 5.05. The van der Waals surface area contributed by atoms with Gasteiger partial charge in [0.1, 0.15) is 0 Å². The summed E-state index contributed by atoms with van der Waals surface area (Å²) in [6, 6.07) is 0. The van der Waals surface area contributed by atoms with E-state index >= 15 is 0 Å². The molecule has 1 aliphatic rings.